The summed E-state index contributed by atoms with van der Waals surface area (Å²) in [4.78, 5) is 16.5. The number of pyridine rings is 1. The summed E-state index contributed by atoms with van der Waals surface area (Å²) in [5.74, 6) is -0.105. The van der Waals surface area contributed by atoms with Gasteiger partial charge in [-0.3, -0.25) is 4.79 Å². The number of amides is 1. The molecule has 104 valence electrons. The fourth-order valence-electron chi connectivity index (χ4n) is 2.08. The van der Waals surface area contributed by atoms with Crippen molar-refractivity contribution in [3.63, 3.8) is 0 Å². The van der Waals surface area contributed by atoms with Crippen LogP contribution in [0.15, 0.2) is 23.4 Å². The SMILES string of the molecule is CO[C@@H]1COCC[C@H]1NC(=O)c1cccnc1SC. The minimum atomic E-state index is -0.105. The first-order chi connectivity index (χ1) is 9.26. The van der Waals surface area contributed by atoms with Crippen LogP contribution in [0.1, 0.15) is 16.8 Å². The minimum Gasteiger partial charge on any atom is -0.379 e. The van der Waals surface area contributed by atoms with E-state index >= 15 is 0 Å². The average Bonchev–Trinajstić information content (AvgIpc) is 2.47. The highest BCUT2D eigenvalue weighted by Gasteiger charge is 2.27. The van der Waals surface area contributed by atoms with E-state index in [-0.39, 0.29) is 18.1 Å². The molecule has 1 fully saturated rings. The van der Waals surface area contributed by atoms with Crippen LogP contribution in [0.5, 0.6) is 0 Å². The Morgan fingerprint density at radius 2 is 2.47 bits per heavy atom. The molecule has 1 aromatic rings. The Bertz CT molecular complexity index is 442. The zero-order chi connectivity index (χ0) is 13.7. The maximum Gasteiger partial charge on any atom is 0.254 e. The molecule has 0 aromatic carbocycles. The molecule has 2 atom stereocenters. The topological polar surface area (TPSA) is 60.5 Å². The lowest BCUT2D eigenvalue weighted by molar-refractivity contribution is -0.0479. The normalized spacial score (nSPS) is 23.1. The van der Waals surface area contributed by atoms with Gasteiger partial charge in [-0.15, -0.1) is 11.8 Å². The van der Waals surface area contributed by atoms with E-state index in [4.69, 9.17) is 9.47 Å². The standard InChI is InChI=1S/C13H18N2O3S/c1-17-11-8-18-7-5-10(11)15-12(16)9-4-3-6-14-13(9)19-2/h3-4,6,10-11H,5,7-8H2,1-2H3,(H,15,16)/t10-,11-/m1/s1. The molecular formula is C13H18N2O3S. The predicted octanol–water partition coefficient (Wildman–Crippen LogP) is 1.34. The summed E-state index contributed by atoms with van der Waals surface area (Å²) >= 11 is 1.46. The number of hydrogen-bond donors (Lipinski definition) is 1. The number of ether oxygens (including phenoxy) is 2. The molecule has 1 saturated heterocycles. The minimum absolute atomic E-state index is 0.0128. The second-order valence-electron chi connectivity index (χ2n) is 4.28. The van der Waals surface area contributed by atoms with Crippen LogP contribution in [0.2, 0.25) is 0 Å². The second kappa shape index (κ2) is 6.88. The van der Waals surface area contributed by atoms with Crippen LogP contribution in [0.25, 0.3) is 0 Å². The molecule has 19 heavy (non-hydrogen) atoms. The maximum atomic E-state index is 12.3. The van der Waals surface area contributed by atoms with Gasteiger partial charge in [-0.25, -0.2) is 4.98 Å². The van der Waals surface area contributed by atoms with Crippen LogP contribution in [0.3, 0.4) is 0 Å². The Morgan fingerprint density at radius 3 is 3.21 bits per heavy atom. The summed E-state index contributed by atoms with van der Waals surface area (Å²) < 4.78 is 10.7. The maximum absolute atomic E-state index is 12.3. The van der Waals surface area contributed by atoms with Gasteiger partial charge in [0.15, 0.2) is 0 Å². The Hall–Kier alpha value is -1.11. The molecule has 1 N–H and O–H groups in total. The van der Waals surface area contributed by atoms with Gasteiger partial charge >= 0.3 is 0 Å². The Labute approximate surface area is 117 Å². The highest BCUT2D eigenvalue weighted by Crippen LogP contribution is 2.18. The van der Waals surface area contributed by atoms with E-state index in [0.29, 0.717) is 18.8 Å². The molecule has 2 heterocycles. The lowest BCUT2D eigenvalue weighted by Gasteiger charge is -2.31. The van der Waals surface area contributed by atoms with Crippen LogP contribution in [0.4, 0.5) is 0 Å². The van der Waals surface area contributed by atoms with Gasteiger partial charge < -0.3 is 14.8 Å². The second-order valence-corrected chi connectivity index (χ2v) is 5.07. The average molecular weight is 282 g/mol. The Balaban J connectivity index is 2.07. The van der Waals surface area contributed by atoms with Gasteiger partial charge in [0, 0.05) is 19.9 Å². The van der Waals surface area contributed by atoms with Crippen molar-refractivity contribution >= 4 is 17.7 Å². The van der Waals surface area contributed by atoms with E-state index in [2.05, 4.69) is 10.3 Å². The third-order valence-corrected chi connectivity index (χ3v) is 3.84. The van der Waals surface area contributed by atoms with Crippen LogP contribution >= 0.6 is 11.8 Å². The van der Waals surface area contributed by atoms with Gasteiger partial charge in [0.25, 0.3) is 5.91 Å². The molecule has 2 rings (SSSR count). The molecule has 1 aliphatic heterocycles. The Kier molecular flexibility index (Phi) is 5.18. The number of carbonyl (C=O) groups is 1. The van der Waals surface area contributed by atoms with Crippen LogP contribution < -0.4 is 5.32 Å². The van der Waals surface area contributed by atoms with E-state index in [0.717, 1.165) is 11.4 Å². The van der Waals surface area contributed by atoms with Crippen molar-refractivity contribution in [1.82, 2.24) is 10.3 Å². The van der Waals surface area contributed by atoms with E-state index in [9.17, 15) is 4.79 Å². The van der Waals surface area contributed by atoms with Gasteiger partial charge in [0.1, 0.15) is 11.1 Å². The molecule has 0 radical (unpaired) electrons. The lowest BCUT2D eigenvalue weighted by atomic mass is 10.1. The predicted molar refractivity (Wildman–Crippen MR) is 73.5 cm³/mol. The van der Waals surface area contributed by atoms with Crippen molar-refractivity contribution in [2.75, 3.05) is 26.6 Å². The largest absolute Gasteiger partial charge is 0.379 e. The van der Waals surface area contributed by atoms with E-state index in [1.165, 1.54) is 11.8 Å². The number of carbonyl (C=O) groups excluding carboxylic acids is 1. The third-order valence-electron chi connectivity index (χ3n) is 3.13. The van der Waals surface area contributed by atoms with Gasteiger partial charge in [-0.05, 0) is 24.8 Å². The summed E-state index contributed by atoms with van der Waals surface area (Å²) in [7, 11) is 1.63. The molecule has 1 aromatic heterocycles. The van der Waals surface area contributed by atoms with Crippen molar-refractivity contribution in [1.29, 1.82) is 0 Å². The van der Waals surface area contributed by atoms with Crippen molar-refractivity contribution < 1.29 is 14.3 Å². The quantitative estimate of drug-likeness (QED) is 0.844. The first kappa shape index (κ1) is 14.3. The number of aromatic nitrogens is 1. The van der Waals surface area contributed by atoms with E-state index in [1.807, 2.05) is 6.26 Å². The number of thioether (sulfide) groups is 1. The van der Waals surface area contributed by atoms with Crippen molar-refractivity contribution in [3.8, 4) is 0 Å². The van der Waals surface area contributed by atoms with Crippen molar-refractivity contribution in [3.05, 3.63) is 23.9 Å². The van der Waals surface area contributed by atoms with Crippen molar-refractivity contribution in [2.24, 2.45) is 0 Å². The van der Waals surface area contributed by atoms with Crippen LogP contribution in [-0.4, -0.2) is 49.6 Å². The zero-order valence-corrected chi connectivity index (χ0v) is 11.9. The Morgan fingerprint density at radius 1 is 1.63 bits per heavy atom. The molecule has 0 bridgehead atoms. The molecule has 0 spiro atoms. The summed E-state index contributed by atoms with van der Waals surface area (Å²) in [6.07, 6.45) is 4.27. The van der Waals surface area contributed by atoms with Gasteiger partial charge in [0.05, 0.1) is 18.2 Å². The van der Waals surface area contributed by atoms with Crippen LogP contribution in [0, 0.1) is 0 Å². The fraction of sp³-hybridized carbons (Fsp3) is 0.538. The summed E-state index contributed by atoms with van der Waals surface area (Å²) in [6, 6.07) is 3.54. The van der Waals surface area contributed by atoms with E-state index in [1.54, 1.807) is 25.4 Å². The van der Waals surface area contributed by atoms with Crippen molar-refractivity contribution in [2.45, 2.75) is 23.6 Å². The van der Waals surface area contributed by atoms with Gasteiger partial charge in [-0.1, -0.05) is 0 Å². The fourth-order valence-corrected chi connectivity index (χ4v) is 2.63. The zero-order valence-electron chi connectivity index (χ0n) is 11.1. The summed E-state index contributed by atoms with van der Waals surface area (Å²) in [5, 5.41) is 3.75. The molecule has 1 amide bonds. The molecule has 0 unspecified atom stereocenters. The monoisotopic (exact) mass is 282 g/mol. The molecule has 5 nitrogen and oxygen atoms in total. The van der Waals surface area contributed by atoms with Crippen LogP contribution in [-0.2, 0) is 9.47 Å². The van der Waals surface area contributed by atoms with E-state index < -0.39 is 0 Å². The summed E-state index contributed by atoms with van der Waals surface area (Å²) in [6.45, 7) is 1.16. The molecule has 1 aliphatic rings. The number of rotatable bonds is 4. The van der Waals surface area contributed by atoms with Gasteiger partial charge in [-0.2, -0.15) is 0 Å². The lowest BCUT2D eigenvalue weighted by Crippen LogP contribution is -2.49. The molecular weight excluding hydrogens is 264 g/mol. The number of hydrogen-bond acceptors (Lipinski definition) is 5. The highest BCUT2D eigenvalue weighted by molar-refractivity contribution is 7.98. The number of methoxy groups -OCH3 is 1. The molecule has 0 saturated carbocycles. The first-order valence-electron chi connectivity index (χ1n) is 6.16. The highest BCUT2D eigenvalue weighted by atomic mass is 32.2. The van der Waals surface area contributed by atoms with Gasteiger partial charge in [0.2, 0.25) is 0 Å². The third kappa shape index (κ3) is 3.46. The molecule has 6 heteroatoms. The summed E-state index contributed by atoms with van der Waals surface area (Å²) in [5.41, 5.74) is 0.608. The molecule has 0 aliphatic carbocycles. The first-order valence-corrected chi connectivity index (χ1v) is 7.39. The smallest absolute Gasteiger partial charge is 0.254 e. The number of nitrogens with one attached hydrogen (secondary N) is 1. The number of nitrogens with zero attached hydrogens (tertiary/aromatic N) is 1.